The summed E-state index contributed by atoms with van der Waals surface area (Å²) in [6.45, 7) is 0. The summed E-state index contributed by atoms with van der Waals surface area (Å²) in [6.07, 6.45) is -1.62. The fourth-order valence-electron chi connectivity index (χ4n) is 12.0. The van der Waals surface area contributed by atoms with E-state index < -0.39 is 47.7 Å². The van der Waals surface area contributed by atoms with Gasteiger partial charge in [0.1, 0.15) is 81.2 Å². The number of rotatable bonds is 5. The van der Waals surface area contributed by atoms with Gasteiger partial charge in [-0.2, -0.15) is 0 Å². The molecule has 4 aliphatic rings. The van der Waals surface area contributed by atoms with Gasteiger partial charge >= 0.3 is 0 Å². The molecule has 8 aromatic rings. The van der Waals surface area contributed by atoms with Crippen molar-refractivity contribution in [1.82, 2.24) is 0 Å². The van der Waals surface area contributed by atoms with Crippen LogP contribution in [0.5, 0.6) is 69.0 Å². The second-order valence-corrected chi connectivity index (χ2v) is 18.2. The summed E-state index contributed by atoms with van der Waals surface area (Å²) in [7, 11) is 0. The van der Waals surface area contributed by atoms with Crippen molar-refractivity contribution in [2.45, 2.75) is 47.7 Å². The second kappa shape index (κ2) is 14.9. The normalized spacial score (nSPS) is 22.6. The van der Waals surface area contributed by atoms with Crippen molar-refractivity contribution in [3.8, 4) is 69.0 Å². The van der Waals surface area contributed by atoms with Crippen molar-refractivity contribution < 1.29 is 60.5 Å². The third-order valence-corrected chi connectivity index (χ3v) is 14.5. The molecule has 2 aliphatic carbocycles. The van der Waals surface area contributed by atoms with E-state index in [-0.39, 0.29) is 57.5 Å². The smallest absolute Gasteiger partial charge is 0.135 e. The summed E-state index contributed by atoms with van der Waals surface area (Å²) in [4.78, 5) is 0. The van der Waals surface area contributed by atoms with Gasteiger partial charge in [-0.3, -0.25) is 0 Å². The number of phenolic OH excluding ortho intramolecular Hbond substituents is 10. The van der Waals surface area contributed by atoms with E-state index in [1.807, 2.05) is 0 Å². The van der Waals surface area contributed by atoms with Crippen LogP contribution in [-0.4, -0.2) is 51.1 Å². The SMILES string of the molecule is Oc1ccc([C@H]2c3c(O)cc(O)cc3[C@@H]3c4c(cc(O)cc4[C@H]2[C@H]2c4cc(O)cc5c4[C@@H](c4cc(O)cc(O)c4[C@@H]2c2ccc(O)cc2)[C@H](c2ccc(O)cc2)O5)O[C@H]3c2ccc(O)cc2)cc1. The molecule has 0 radical (unpaired) electrons. The molecule has 68 heavy (non-hydrogen) atoms. The zero-order valence-corrected chi connectivity index (χ0v) is 35.8. The van der Waals surface area contributed by atoms with E-state index in [2.05, 4.69) is 0 Å². The molecule has 0 aromatic heterocycles. The summed E-state index contributed by atoms with van der Waals surface area (Å²) in [6, 6.07) is 38.4. The van der Waals surface area contributed by atoms with E-state index in [4.69, 9.17) is 9.47 Å². The summed E-state index contributed by atoms with van der Waals surface area (Å²) >= 11 is 0. The molecule has 0 spiro atoms. The zero-order chi connectivity index (χ0) is 46.9. The van der Waals surface area contributed by atoms with Crippen LogP contribution in [0.2, 0.25) is 0 Å². The third kappa shape index (κ3) is 6.20. The lowest BCUT2D eigenvalue weighted by molar-refractivity contribution is 0.221. The Morgan fingerprint density at radius 1 is 0.265 bits per heavy atom. The number of fused-ring (bicyclic) bond motifs is 4. The van der Waals surface area contributed by atoms with Gasteiger partial charge in [-0.25, -0.2) is 0 Å². The van der Waals surface area contributed by atoms with E-state index >= 15 is 0 Å². The van der Waals surface area contributed by atoms with E-state index in [9.17, 15) is 51.1 Å². The molecule has 10 N–H and O–H groups in total. The standard InChI is InChI=1S/C56H42O12/c57-29-9-1-25(2-10-29)45-47-37(17-33(61)21-41(47)65)53-49-39(19-35(63)23-43(49)67-55(53)27-5-13-31(59)14-6-27)51(45)52-40-20-36(64)24-44-50(40)54(56(68-44)28-7-15-32(60)16-8-28)38-18-34(62)22-42(66)48(38)46(52)26-3-11-30(58)12-4-26/h1-24,45-46,51-66H/t45-,46-,51-,52+,53+,54+,55-,56-/m0/s1. The van der Waals surface area contributed by atoms with Crippen LogP contribution in [0.3, 0.4) is 0 Å². The van der Waals surface area contributed by atoms with Crippen LogP contribution < -0.4 is 9.47 Å². The highest BCUT2D eigenvalue weighted by Gasteiger charge is 2.55. The summed E-state index contributed by atoms with van der Waals surface area (Å²) in [5, 5.41) is 114. The number of hydrogen-bond donors (Lipinski definition) is 10. The van der Waals surface area contributed by atoms with Crippen LogP contribution >= 0.6 is 0 Å². The first-order chi connectivity index (χ1) is 32.8. The van der Waals surface area contributed by atoms with E-state index in [0.717, 1.165) is 0 Å². The van der Waals surface area contributed by atoms with Crippen LogP contribution in [0.25, 0.3) is 0 Å². The fourth-order valence-corrected chi connectivity index (χ4v) is 12.0. The molecule has 0 saturated carbocycles. The monoisotopic (exact) mass is 906 g/mol. The Bertz CT molecular complexity index is 3110. The first-order valence-corrected chi connectivity index (χ1v) is 22.2. The van der Waals surface area contributed by atoms with Crippen molar-refractivity contribution >= 4 is 0 Å². The Kier molecular flexibility index (Phi) is 8.97. The topological polar surface area (TPSA) is 221 Å². The lowest BCUT2D eigenvalue weighted by atomic mass is 9.62. The molecule has 12 rings (SSSR count). The lowest BCUT2D eigenvalue weighted by Crippen LogP contribution is -2.26. The molecule has 8 aromatic carbocycles. The van der Waals surface area contributed by atoms with Crippen LogP contribution in [0.1, 0.15) is 114 Å². The number of ether oxygens (including phenoxy) is 2. The van der Waals surface area contributed by atoms with Crippen molar-refractivity contribution in [2.75, 3.05) is 0 Å². The maximum Gasteiger partial charge on any atom is 0.135 e. The first kappa shape index (κ1) is 40.8. The van der Waals surface area contributed by atoms with Gasteiger partial charge in [-0.1, -0.05) is 48.5 Å². The Morgan fingerprint density at radius 3 is 0.897 bits per heavy atom. The molecule has 0 fully saturated rings. The largest absolute Gasteiger partial charge is 0.508 e. The zero-order valence-electron chi connectivity index (χ0n) is 35.8. The molecular formula is C56H42O12. The quantitative estimate of drug-likeness (QED) is 0.0780. The van der Waals surface area contributed by atoms with Gasteiger partial charge in [-0.05, 0) is 117 Å². The van der Waals surface area contributed by atoms with Crippen molar-refractivity contribution in [1.29, 1.82) is 0 Å². The molecule has 8 atom stereocenters. The summed E-state index contributed by atoms with van der Waals surface area (Å²) in [5.41, 5.74) is 6.75. The Morgan fingerprint density at radius 2 is 0.559 bits per heavy atom. The highest BCUT2D eigenvalue weighted by atomic mass is 16.5. The van der Waals surface area contributed by atoms with E-state index in [0.29, 0.717) is 78.3 Å². The van der Waals surface area contributed by atoms with Gasteiger partial charge in [0.15, 0.2) is 0 Å². The molecule has 0 saturated heterocycles. The lowest BCUT2D eigenvalue weighted by Gasteiger charge is -2.40. The molecule has 2 aliphatic heterocycles. The van der Waals surface area contributed by atoms with Crippen LogP contribution in [0, 0.1) is 0 Å². The van der Waals surface area contributed by atoms with Crippen LogP contribution in [0.4, 0.5) is 0 Å². The number of phenols is 10. The maximum absolute atomic E-state index is 12.5. The average Bonchev–Trinajstić information content (AvgIpc) is 3.81. The molecule has 0 amide bonds. The Labute approximate surface area is 388 Å². The number of hydrogen-bond acceptors (Lipinski definition) is 12. The minimum absolute atomic E-state index is 0.0182. The van der Waals surface area contributed by atoms with E-state index in [1.165, 1.54) is 24.3 Å². The minimum Gasteiger partial charge on any atom is -0.508 e. The predicted octanol–water partition coefficient (Wildman–Crippen LogP) is 10.4. The van der Waals surface area contributed by atoms with Crippen molar-refractivity contribution in [3.63, 3.8) is 0 Å². The second-order valence-electron chi connectivity index (χ2n) is 18.2. The summed E-state index contributed by atoms with van der Waals surface area (Å²) < 4.78 is 13.7. The fraction of sp³-hybridized carbons (Fsp3) is 0.143. The molecule has 0 unspecified atom stereocenters. The number of aromatic hydroxyl groups is 10. The predicted molar refractivity (Wildman–Crippen MR) is 248 cm³/mol. The average molecular weight is 907 g/mol. The highest BCUT2D eigenvalue weighted by Crippen LogP contribution is 2.69. The summed E-state index contributed by atoms with van der Waals surface area (Å²) in [5.74, 6) is -5.69. The molecule has 12 nitrogen and oxygen atoms in total. The Balaban J connectivity index is 1.25. The van der Waals surface area contributed by atoms with Gasteiger partial charge in [0.2, 0.25) is 0 Å². The molecule has 338 valence electrons. The van der Waals surface area contributed by atoms with Crippen molar-refractivity contribution in [2.24, 2.45) is 0 Å². The minimum atomic E-state index is -0.918. The van der Waals surface area contributed by atoms with Gasteiger partial charge in [-0.15, -0.1) is 0 Å². The van der Waals surface area contributed by atoms with Gasteiger partial charge in [0.25, 0.3) is 0 Å². The van der Waals surface area contributed by atoms with Gasteiger partial charge in [0, 0.05) is 70.2 Å². The van der Waals surface area contributed by atoms with Gasteiger partial charge in [0.05, 0.1) is 11.8 Å². The van der Waals surface area contributed by atoms with Crippen LogP contribution in [0.15, 0.2) is 146 Å². The third-order valence-electron chi connectivity index (χ3n) is 14.5. The molecule has 12 heteroatoms. The van der Waals surface area contributed by atoms with Crippen molar-refractivity contribution in [3.05, 3.63) is 212 Å². The molecular weight excluding hydrogens is 865 g/mol. The first-order valence-electron chi connectivity index (χ1n) is 22.2. The molecule has 2 heterocycles. The van der Waals surface area contributed by atoms with Gasteiger partial charge < -0.3 is 60.5 Å². The maximum atomic E-state index is 12.5. The van der Waals surface area contributed by atoms with Crippen LogP contribution in [-0.2, 0) is 0 Å². The van der Waals surface area contributed by atoms with E-state index in [1.54, 1.807) is 121 Å². The Hall–Kier alpha value is -8.64. The number of benzene rings is 8. The highest BCUT2D eigenvalue weighted by molar-refractivity contribution is 5.71. The molecule has 0 bridgehead atoms.